The summed E-state index contributed by atoms with van der Waals surface area (Å²) < 4.78 is 0. The lowest BCUT2D eigenvalue weighted by Gasteiger charge is -2.37. The molecule has 0 aromatic rings. The first-order valence-corrected chi connectivity index (χ1v) is 16.7. The van der Waals surface area contributed by atoms with Gasteiger partial charge in [0.2, 0.25) is 17.7 Å². The summed E-state index contributed by atoms with van der Waals surface area (Å²) in [5.74, 6) is -0.391. The van der Waals surface area contributed by atoms with Crippen LogP contribution in [0.3, 0.4) is 0 Å². The molecule has 0 unspecified atom stereocenters. The van der Waals surface area contributed by atoms with Crippen LogP contribution in [0.5, 0.6) is 0 Å². The Hall–Kier alpha value is -1.71. The molecule has 3 aliphatic carbocycles. The van der Waals surface area contributed by atoms with Gasteiger partial charge in [-0.2, -0.15) is 0 Å². The van der Waals surface area contributed by atoms with Gasteiger partial charge in [-0.15, -0.1) is 0 Å². The minimum absolute atomic E-state index is 0.0418. The molecule has 0 bridgehead atoms. The summed E-state index contributed by atoms with van der Waals surface area (Å²) in [7, 11) is 3.30. The van der Waals surface area contributed by atoms with E-state index in [2.05, 4.69) is 5.32 Å². The van der Waals surface area contributed by atoms with Crippen molar-refractivity contribution in [3.63, 3.8) is 0 Å². The van der Waals surface area contributed by atoms with Crippen LogP contribution in [0.4, 0.5) is 0 Å². The lowest BCUT2D eigenvalue weighted by atomic mass is 9.82. The molecule has 4 N–H and O–H groups in total. The van der Waals surface area contributed by atoms with Crippen LogP contribution in [-0.2, 0) is 14.4 Å². The molecule has 4 atom stereocenters. The average molecular weight is 594 g/mol. The predicted molar refractivity (Wildman–Crippen MR) is 163 cm³/mol. The van der Waals surface area contributed by atoms with E-state index in [9.17, 15) is 29.7 Å². The molecule has 3 fully saturated rings. The Bertz CT molecular complexity index is 864. The summed E-state index contributed by atoms with van der Waals surface area (Å²) in [5.41, 5.74) is -1.02. The van der Waals surface area contributed by atoms with Crippen LogP contribution in [-0.4, -0.2) is 93.9 Å². The first kappa shape index (κ1) is 34.8. The third-order valence-corrected chi connectivity index (χ3v) is 9.71. The quantitative estimate of drug-likeness (QED) is 0.216. The van der Waals surface area contributed by atoms with Gasteiger partial charge in [-0.3, -0.25) is 14.4 Å². The molecule has 9 heteroatoms. The van der Waals surface area contributed by atoms with E-state index >= 15 is 0 Å². The highest BCUT2D eigenvalue weighted by molar-refractivity contribution is 5.88. The SMILES string of the molecule is CC(C)C[C@H](O)[C@H](O)[C@H](CC1CCCCC1)NC(=O)[C@@H](CC(=O)N(CC(=O)N(C)C)CC1(O)CCCCC1)CC1CC1. The largest absolute Gasteiger partial charge is 0.390 e. The number of hydrogen-bond acceptors (Lipinski definition) is 6. The van der Waals surface area contributed by atoms with Gasteiger partial charge >= 0.3 is 0 Å². The third-order valence-electron chi connectivity index (χ3n) is 9.71. The van der Waals surface area contributed by atoms with Crippen LogP contribution in [0.2, 0.25) is 0 Å². The van der Waals surface area contributed by atoms with Crippen molar-refractivity contribution in [2.24, 2.45) is 23.7 Å². The number of carbonyl (C=O) groups excluding carboxylic acids is 3. The van der Waals surface area contributed by atoms with Crippen LogP contribution >= 0.6 is 0 Å². The normalized spacial score (nSPS) is 22.2. The van der Waals surface area contributed by atoms with Crippen LogP contribution in [0.25, 0.3) is 0 Å². The zero-order valence-electron chi connectivity index (χ0n) is 26.7. The summed E-state index contributed by atoms with van der Waals surface area (Å²) in [4.78, 5) is 43.2. The summed E-state index contributed by atoms with van der Waals surface area (Å²) in [6, 6.07) is -0.583. The van der Waals surface area contributed by atoms with Crippen molar-refractivity contribution < 1.29 is 29.7 Å². The summed E-state index contributed by atoms with van der Waals surface area (Å²) >= 11 is 0. The Morgan fingerprint density at radius 1 is 0.857 bits per heavy atom. The van der Waals surface area contributed by atoms with Crippen molar-refractivity contribution in [3.8, 4) is 0 Å². The molecule has 0 aliphatic heterocycles. The van der Waals surface area contributed by atoms with Crippen molar-refractivity contribution in [2.45, 2.75) is 140 Å². The van der Waals surface area contributed by atoms with Gasteiger partial charge in [0, 0.05) is 33.0 Å². The molecule has 0 aromatic heterocycles. The van der Waals surface area contributed by atoms with E-state index in [1.54, 1.807) is 14.1 Å². The maximum absolute atomic E-state index is 13.9. The van der Waals surface area contributed by atoms with Crippen LogP contribution < -0.4 is 5.32 Å². The second kappa shape index (κ2) is 16.4. The Labute approximate surface area is 253 Å². The van der Waals surface area contributed by atoms with E-state index in [1.165, 1.54) is 16.2 Å². The fraction of sp³-hybridized carbons (Fsp3) is 0.909. The number of aliphatic hydroxyl groups excluding tert-OH is 2. The number of rotatable bonds is 16. The lowest BCUT2D eigenvalue weighted by Crippen LogP contribution is -2.52. The molecule has 242 valence electrons. The van der Waals surface area contributed by atoms with Crippen molar-refractivity contribution in [3.05, 3.63) is 0 Å². The van der Waals surface area contributed by atoms with Crippen LogP contribution in [0.15, 0.2) is 0 Å². The van der Waals surface area contributed by atoms with Gasteiger partial charge < -0.3 is 30.4 Å². The van der Waals surface area contributed by atoms with Crippen molar-refractivity contribution in [2.75, 3.05) is 27.2 Å². The van der Waals surface area contributed by atoms with E-state index in [0.29, 0.717) is 43.9 Å². The molecule has 0 spiro atoms. The zero-order valence-corrected chi connectivity index (χ0v) is 26.7. The number of nitrogens with zero attached hydrogens (tertiary/aromatic N) is 2. The monoisotopic (exact) mass is 593 g/mol. The highest BCUT2D eigenvalue weighted by Crippen LogP contribution is 2.37. The maximum Gasteiger partial charge on any atom is 0.241 e. The second-order valence-electron chi connectivity index (χ2n) is 14.4. The number of nitrogens with one attached hydrogen (secondary N) is 1. The molecule has 0 heterocycles. The first-order valence-electron chi connectivity index (χ1n) is 16.7. The minimum Gasteiger partial charge on any atom is -0.390 e. The molecule has 0 radical (unpaired) electrons. The summed E-state index contributed by atoms with van der Waals surface area (Å²) in [5, 5.41) is 36.3. The molecular weight excluding hydrogens is 534 g/mol. The van der Waals surface area contributed by atoms with E-state index < -0.39 is 29.8 Å². The number of amides is 3. The average Bonchev–Trinajstić information content (AvgIpc) is 3.76. The molecule has 42 heavy (non-hydrogen) atoms. The first-order chi connectivity index (χ1) is 19.9. The smallest absolute Gasteiger partial charge is 0.241 e. The van der Waals surface area contributed by atoms with E-state index in [4.69, 9.17) is 0 Å². The molecule has 0 aromatic carbocycles. The zero-order chi connectivity index (χ0) is 30.9. The highest BCUT2D eigenvalue weighted by atomic mass is 16.3. The minimum atomic E-state index is -1.08. The van der Waals surface area contributed by atoms with Gasteiger partial charge in [0.1, 0.15) is 6.10 Å². The number of carbonyl (C=O) groups is 3. The van der Waals surface area contributed by atoms with Crippen molar-refractivity contribution >= 4 is 17.7 Å². The molecule has 3 rings (SSSR count). The fourth-order valence-electron chi connectivity index (χ4n) is 6.90. The molecule has 3 amide bonds. The number of aliphatic hydroxyl groups is 3. The number of likely N-dealkylation sites (N-methyl/N-ethyl adjacent to an activating group) is 1. The Morgan fingerprint density at radius 3 is 2.02 bits per heavy atom. The fourth-order valence-corrected chi connectivity index (χ4v) is 6.90. The van der Waals surface area contributed by atoms with Gasteiger partial charge in [-0.05, 0) is 49.9 Å². The standard InChI is InChI=1S/C33H59N3O6/c1-23(2)17-28(37)31(40)27(19-24-11-7-5-8-12-24)34-32(41)26(18-25-13-14-25)20-29(38)36(21-30(39)35(3)4)22-33(42)15-9-6-10-16-33/h23-28,31,37,40,42H,5-22H2,1-4H3,(H,34,41)/t26-,27+,28+,31-/m1/s1. The predicted octanol–water partition coefficient (Wildman–Crippen LogP) is 3.63. The van der Waals surface area contributed by atoms with Gasteiger partial charge in [-0.1, -0.05) is 78.1 Å². The van der Waals surface area contributed by atoms with Gasteiger partial charge in [0.05, 0.1) is 24.3 Å². The lowest BCUT2D eigenvalue weighted by molar-refractivity contribution is -0.145. The summed E-state index contributed by atoms with van der Waals surface area (Å²) in [6.07, 6.45) is 11.3. The topological polar surface area (TPSA) is 130 Å². The van der Waals surface area contributed by atoms with Crippen LogP contribution in [0, 0.1) is 23.7 Å². The molecule has 0 saturated heterocycles. The highest BCUT2D eigenvalue weighted by Gasteiger charge is 2.38. The van der Waals surface area contributed by atoms with Crippen LogP contribution in [0.1, 0.15) is 117 Å². The Morgan fingerprint density at radius 2 is 1.45 bits per heavy atom. The van der Waals surface area contributed by atoms with Gasteiger partial charge in [0.15, 0.2) is 0 Å². The Kier molecular flexibility index (Phi) is 13.6. The van der Waals surface area contributed by atoms with Crippen molar-refractivity contribution in [1.29, 1.82) is 0 Å². The summed E-state index contributed by atoms with van der Waals surface area (Å²) in [6.45, 7) is 3.96. The number of hydrogen-bond donors (Lipinski definition) is 4. The molecule has 9 nitrogen and oxygen atoms in total. The molecular formula is C33H59N3O6. The van der Waals surface area contributed by atoms with E-state index in [-0.39, 0.29) is 43.1 Å². The maximum atomic E-state index is 13.9. The van der Waals surface area contributed by atoms with E-state index in [1.807, 2.05) is 13.8 Å². The van der Waals surface area contributed by atoms with Crippen molar-refractivity contribution in [1.82, 2.24) is 15.1 Å². The second-order valence-corrected chi connectivity index (χ2v) is 14.4. The molecule has 3 saturated carbocycles. The Balaban J connectivity index is 1.75. The van der Waals surface area contributed by atoms with E-state index in [0.717, 1.165) is 57.8 Å². The molecule has 3 aliphatic rings. The van der Waals surface area contributed by atoms with Gasteiger partial charge in [0.25, 0.3) is 0 Å². The third kappa shape index (κ3) is 11.4. The van der Waals surface area contributed by atoms with Gasteiger partial charge in [-0.25, -0.2) is 0 Å².